The first-order chi connectivity index (χ1) is 11.6. The molecule has 1 aromatic heterocycles. The number of fused-ring (bicyclic) bond motifs is 1. The highest BCUT2D eigenvalue weighted by molar-refractivity contribution is 7.94. The number of furan rings is 1. The fourth-order valence-corrected chi connectivity index (χ4v) is 4.60. The van der Waals surface area contributed by atoms with E-state index in [1.165, 1.54) is 11.7 Å². The van der Waals surface area contributed by atoms with Crippen LogP contribution in [0.5, 0.6) is 0 Å². The predicted octanol–water partition coefficient (Wildman–Crippen LogP) is 1.82. The summed E-state index contributed by atoms with van der Waals surface area (Å²) in [7, 11) is -3.37. The lowest BCUT2D eigenvalue weighted by Gasteiger charge is -2.36. The van der Waals surface area contributed by atoms with Gasteiger partial charge in [0.2, 0.25) is 9.84 Å². The van der Waals surface area contributed by atoms with Gasteiger partial charge in [0.05, 0.1) is 22.3 Å². The maximum atomic E-state index is 12.3. The summed E-state index contributed by atoms with van der Waals surface area (Å²) in [6.07, 6.45) is 1.48. The maximum Gasteiger partial charge on any atom is 0.289 e. The number of rotatable bonds is 2. The molecule has 6 nitrogen and oxygen atoms in total. The van der Waals surface area contributed by atoms with Crippen LogP contribution in [0.25, 0.3) is 5.70 Å². The number of carbonyl (C=O) groups excluding carboxylic acids is 1. The molecule has 1 saturated heterocycles. The Morgan fingerprint density at radius 1 is 1.00 bits per heavy atom. The summed E-state index contributed by atoms with van der Waals surface area (Å²) in [4.78, 5) is 16.4. The van der Waals surface area contributed by atoms with E-state index >= 15 is 0 Å². The third-order valence-electron chi connectivity index (χ3n) is 4.38. The van der Waals surface area contributed by atoms with Crippen molar-refractivity contribution in [3.05, 3.63) is 59.4 Å². The van der Waals surface area contributed by atoms with Gasteiger partial charge >= 0.3 is 0 Å². The van der Waals surface area contributed by atoms with Crippen molar-refractivity contribution in [2.24, 2.45) is 0 Å². The lowest BCUT2D eigenvalue weighted by atomic mass is 10.1. The van der Waals surface area contributed by atoms with Gasteiger partial charge in [0.25, 0.3) is 5.91 Å². The van der Waals surface area contributed by atoms with Crippen molar-refractivity contribution >= 4 is 21.4 Å². The van der Waals surface area contributed by atoms with Gasteiger partial charge in [-0.25, -0.2) is 8.42 Å². The molecule has 3 heterocycles. The first-order valence-corrected chi connectivity index (χ1v) is 9.25. The Morgan fingerprint density at radius 2 is 1.75 bits per heavy atom. The van der Waals surface area contributed by atoms with Crippen LogP contribution in [0.2, 0.25) is 0 Å². The summed E-state index contributed by atoms with van der Waals surface area (Å²) in [5, 5.41) is 1.33. The number of carbonyl (C=O) groups is 1. The van der Waals surface area contributed by atoms with Crippen LogP contribution in [0.1, 0.15) is 16.1 Å². The smallest absolute Gasteiger partial charge is 0.289 e. The van der Waals surface area contributed by atoms with E-state index in [-0.39, 0.29) is 5.91 Å². The van der Waals surface area contributed by atoms with E-state index in [0.29, 0.717) is 36.8 Å². The molecular formula is C17H16N2O4S. The molecule has 24 heavy (non-hydrogen) atoms. The van der Waals surface area contributed by atoms with Crippen LogP contribution in [0, 0.1) is 0 Å². The molecule has 0 aliphatic carbocycles. The molecule has 124 valence electrons. The zero-order chi connectivity index (χ0) is 16.7. The second-order valence-electron chi connectivity index (χ2n) is 5.80. The number of sulfone groups is 1. The molecule has 7 heteroatoms. The minimum Gasteiger partial charge on any atom is -0.459 e. The van der Waals surface area contributed by atoms with Gasteiger partial charge in [-0.3, -0.25) is 4.79 Å². The number of hydrogen-bond donors (Lipinski definition) is 0. The number of piperazine rings is 1. The van der Waals surface area contributed by atoms with E-state index in [4.69, 9.17) is 4.42 Å². The molecule has 1 aromatic carbocycles. The Hall–Kier alpha value is -2.54. The van der Waals surface area contributed by atoms with Crippen molar-refractivity contribution in [3.63, 3.8) is 0 Å². The van der Waals surface area contributed by atoms with Crippen LogP contribution in [-0.2, 0) is 9.84 Å². The van der Waals surface area contributed by atoms with Crippen molar-refractivity contribution in [1.82, 2.24) is 9.80 Å². The molecule has 2 aliphatic rings. The van der Waals surface area contributed by atoms with Crippen LogP contribution >= 0.6 is 0 Å². The highest BCUT2D eigenvalue weighted by atomic mass is 32.2. The molecular weight excluding hydrogens is 328 g/mol. The molecule has 4 rings (SSSR count). The van der Waals surface area contributed by atoms with E-state index < -0.39 is 9.84 Å². The van der Waals surface area contributed by atoms with E-state index in [2.05, 4.69) is 0 Å². The summed E-state index contributed by atoms with van der Waals surface area (Å²) in [6.45, 7) is 2.22. The number of nitrogens with zero attached hydrogens (tertiary/aromatic N) is 2. The molecule has 0 atom stereocenters. The number of hydrogen-bond acceptors (Lipinski definition) is 5. The van der Waals surface area contributed by atoms with Crippen LogP contribution in [0.4, 0.5) is 0 Å². The Morgan fingerprint density at radius 3 is 2.46 bits per heavy atom. The van der Waals surface area contributed by atoms with Crippen LogP contribution in [0.15, 0.2) is 57.4 Å². The van der Waals surface area contributed by atoms with Crippen molar-refractivity contribution in [1.29, 1.82) is 0 Å². The van der Waals surface area contributed by atoms with E-state index in [0.717, 1.165) is 11.3 Å². The first kappa shape index (κ1) is 15.0. The highest BCUT2D eigenvalue weighted by Gasteiger charge is 2.32. The molecule has 0 bridgehead atoms. The molecule has 0 spiro atoms. The van der Waals surface area contributed by atoms with Crippen LogP contribution in [0.3, 0.4) is 0 Å². The van der Waals surface area contributed by atoms with Gasteiger partial charge in [0.15, 0.2) is 5.76 Å². The summed E-state index contributed by atoms with van der Waals surface area (Å²) in [5.41, 5.74) is 1.46. The summed E-state index contributed by atoms with van der Waals surface area (Å²) >= 11 is 0. The average molecular weight is 344 g/mol. The standard InChI is InChI=1S/C17H16N2O4S/c20-17(15-5-3-11-23-15)19-9-7-18(8-10-19)14-12-24(21,22)16-6-2-1-4-13(14)16/h1-6,11-12H,7-10H2. The van der Waals surface area contributed by atoms with Crippen molar-refractivity contribution in [2.75, 3.05) is 26.2 Å². The quantitative estimate of drug-likeness (QED) is 0.831. The Kier molecular flexibility index (Phi) is 3.45. The average Bonchev–Trinajstić information content (AvgIpc) is 3.22. The van der Waals surface area contributed by atoms with Crippen molar-refractivity contribution in [2.45, 2.75) is 4.90 Å². The van der Waals surface area contributed by atoms with Gasteiger partial charge in [0.1, 0.15) is 0 Å². The van der Waals surface area contributed by atoms with E-state index in [9.17, 15) is 13.2 Å². The molecule has 2 aliphatic heterocycles. The predicted molar refractivity (Wildman–Crippen MR) is 87.8 cm³/mol. The van der Waals surface area contributed by atoms with Gasteiger partial charge < -0.3 is 14.2 Å². The second kappa shape index (κ2) is 5.52. The second-order valence-corrected chi connectivity index (χ2v) is 7.57. The first-order valence-electron chi connectivity index (χ1n) is 7.70. The van der Waals surface area contributed by atoms with Crippen molar-refractivity contribution < 1.29 is 17.6 Å². The van der Waals surface area contributed by atoms with E-state index in [1.807, 2.05) is 17.0 Å². The monoisotopic (exact) mass is 344 g/mol. The SMILES string of the molecule is O=C(c1ccco1)N1CCN(C2=CS(=O)(=O)c3ccccc32)CC1. The lowest BCUT2D eigenvalue weighted by molar-refractivity contribution is 0.0654. The molecule has 0 radical (unpaired) electrons. The van der Waals surface area contributed by atoms with E-state index in [1.54, 1.807) is 29.2 Å². The molecule has 2 aromatic rings. The van der Waals surface area contributed by atoms with Gasteiger partial charge in [-0.2, -0.15) is 0 Å². The molecule has 1 fully saturated rings. The lowest BCUT2D eigenvalue weighted by Crippen LogP contribution is -2.47. The minimum atomic E-state index is -3.37. The number of benzene rings is 1. The minimum absolute atomic E-state index is 0.131. The highest BCUT2D eigenvalue weighted by Crippen LogP contribution is 2.35. The Labute approximate surface area is 139 Å². The van der Waals surface area contributed by atoms with Crippen molar-refractivity contribution in [3.8, 4) is 0 Å². The van der Waals surface area contributed by atoms with Gasteiger partial charge in [-0.15, -0.1) is 0 Å². The summed E-state index contributed by atoms with van der Waals surface area (Å²) in [5.74, 6) is 0.199. The summed E-state index contributed by atoms with van der Waals surface area (Å²) < 4.78 is 29.7. The number of amides is 1. The van der Waals surface area contributed by atoms with Crippen LogP contribution < -0.4 is 0 Å². The maximum absolute atomic E-state index is 12.3. The van der Waals surface area contributed by atoms with Gasteiger partial charge in [0, 0.05) is 31.7 Å². The normalized spacial score (nSPS) is 19.1. The third-order valence-corrected chi connectivity index (χ3v) is 5.88. The van der Waals surface area contributed by atoms with Crippen LogP contribution in [-0.4, -0.2) is 50.3 Å². The Balaban J connectivity index is 1.52. The fraction of sp³-hybridized carbons (Fsp3) is 0.235. The van der Waals surface area contributed by atoms with Gasteiger partial charge in [-0.05, 0) is 18.2 Å². The molecule has 0 unspecified atom stereocenters. The topological polar surface area (TPSA) is 70.8 Å². The zero-order valence-electron chi connectivity index (χ0n) is 12.9. The summed E-state index contributed by atoms with van der Waals surface area (Å²) in [6, 6.07) is 10.4. The third kappa shape index (κ3) is 2.41. The zero-order valence-corrected chi connectivity index (χ0v) is 13.7. The largest absolute Gasteiger partial charge is 0.459 e. The molecule has 0 N–H and O–H groups in total. The Bertz CT molecular complexity index is 908. The molecule has 0 saturated carbocycles. The van der Waals surface area contributed by atoms with Gasteiger partial charge in [-0.1, -0.05) is 18.2 Å². The fourth-order valence-electron chi connectivity index (χ4n) is 3.15. The molecule has 1 amide bonds.